The largest absolute Gasteiger partial charge is 0.466 e. The zero-order valence-electron chi connectivity index (χ0n) is 17.5. The first-order chi connectivity index (χ1) is 15.3. The molecule has 9 heteroatoms. The van der Waals surface area contributed by atoms with E-state index in [4.69, 9.17) is 15.2 Å². The molecule has 1 atom stereocenters. The fourth-order valence-electron chi connectivity index (χ4n) is 3.72. The summed E-state index contributed by atoms with van der Waals surface area (Å²) in [5, 5.41) is 10.0. The first kappa shape index (κ1) is 23.0. The molecule has 0 aromatic heterocycles. The Morgan fingerprint density at radius 3 is 2.31 bits per heavy atom. The van der Waals surface area contributed by atoms with Crippen molar-refractivity contribution < 1.29 is 23.5 Å². The van der Waals surface area contributed by atoms with Gasteiger partial charge in [-0.15, -0.1) is 0 Å². The molecular formula is C23H19BrFN3O4. The van der Waals surface area contributed by atoms with Gasteiger partial charge in [0, 0.05) is 4.47 Å². The SMILES string of the molecule is COC(=O)C1=C(C(=O)OC)N(c2c(C)cc(F)cc2Br)C(N)=C(C#N)C1c1ccccc1. The van der Waals surface area contributed by atoms with Gasteiger partial charge in [-0.05, 0) is 46.1 Å². The van der Waals surface area contributed by atoms with Crippen LogP contribution >= 0.6 is 15.9 Å². The number of nitrogens with two attached hydrogens (primary N) is 1. The summed E-state index contributed by atoms with van der Waals surface area (Å²) in [6, 6.07) is 13.2. The van der Waals surface area contributed by atoms with Gasteiger partial charge in [0.1, 0.15) is 17.3 Å². The molecule has 7 nitrogen and oxygen atoms in total. The highest BCUT2D eigenvalue weighted by Gasteiger charge is 2.43. The Labute approximate surface area is 192 Å². The van der Waals surface area contributed by atoms with Gasteiger partial charge in [0.15, 0.2) is 0 Å². The van der Waals surface area contributed by atoms with Crippen LogP contribution in [0.2, 0.25) is 0 Å². The monoisotopic (exact) mass is 499 g/mol. The number of hydrogen-bond donors (Lipinski definition) is 1. The number of esters is 2. The first-order valence-electron chi connectivity index (χ1n) is 9.38. The van der Waals surface area contributed by atoms with Crippen LogP contribution in [0.25, 0.3) is 0 Å². The lowest BCUT2D eigenvalue weighted by Crippen LogP contribution is -2.41. The molecule has 3 rings (SSSR count). The third-order valence-corrected chi connectivity index (χ3v) is 5.66. The maximum Gasteiger partial charge on any atom is 0.355 e. The lowest BCUT2D eigenvalue weighted by Gasteiger charge is -2.37. The van der Waals surface area contributed by atoms with Crippen molar-refractivity contribution in [2.75, 3.05) is 19.1 Å². The van der Waals surface area contributed by atoms with E-state index in [0.29, 0.717) is 11.1 Å². The van der Waals surface area contributed by atoms with E-state index < -0.39 is 23.7 Å². The Morgan fingerprint density at radius 1 is 1.16 bits per heavy atom. The summed E-state index contributed by atoms with van der Waals surface area (Å²) in [5.41, 5.74) is 7.36. The molecule has 0 saturated carbocycles. The molecule has 1 aliphatic rings. The molecule has 1 aliphatic heterocycles. The number of allylic oxidation sites excluding steroid dienone is 1. The third kappa shape index (κ3) is 3.85. The molecule has 2 N–H and O–H groups in total. The highest BCUT2D eigenvalue weighted by molar-refractivity contribution is 9.10. The van der Waals surface area contributed by atoms with Crippen molar-refractivity contribution in [2.45, 2.75) is 12.8 Å². The van der Waals surface area contributed by atoms with E-state index in [-0.39, 0.29) is 32.8 Å². The maximum atomic E-state index is 14.0. The molecule has 0 radical (unpaired) electrons. The van der Waals surface area contributed by atoms with Crippen molar-refractivity contribution in [3.05, 3.63) is 86.5 Å². The molecule has 0 amide bonds. The highest BCUT2D eigenvalue weighted by Crippen LogP contribution is 2.45. The number of ether oxygens (including phenoxy) is 2. The topological polar surface area (TPSA) is 106 Å². The summed E-state index contributed by atoms with van der Waals surface area (Å²) in [6.07, 6.45) is 0. The van der Waals surface area contributed by atoms with E-state index in [1.165, 1.54) is 24.1 Å². The first-order valence-corrected chi connectivity index (χ1v) is 10.2. The zero-order valence-corrected chi connectivity index (χ0v) is 19.1. The predicted molar refractivity (Wildman–Crippen MR) is 118 cm³/mol. The van der Waals surface area contributed by atoms with Gasteiger partial charge in [0.25, 0.3) is 0 Å². The Kier molecular flexibility index (Phi) is 6.65. The van der Waals surface area contributed by atoms with Crippen molar-refractivity contribution in [3.8, 4) is 6.07 Å². The highest BCUT2D eigenvalue weighted by atomic mass is 79.9. The number of aryl methyl sites for hydroxylation is 1. The molecule has 0 aliphatic carbocycles. The maximum absolute atomic E-state index is 14.0. The molecule has 0 bridgehead atoms. The van der Waals surface area contributed by atoms with Gasteiger partial charge in [0.2, 0.25) is 0 Å². The Morgan fingerprint density at radius 2 is 1.78 bits per heavy atom. The fourth-order valence-corrected chi connectivity index (χ4v) is 4.43. The molecule has 0 spiro atoms. The van der Waals surface area contributed by atoms with Crippen LogP contribution in [-0.2, 0) is 19.1 Å². The molecule has 164 valence electrons. The van der Waals surface area contributed by atoms with E-state index in [2.05, 4.69) is 22.0 Å². The van der Waals surface area contributed by atoms with E-state index in [1.807, 2.05) is 0 Å². The summed E-state index contributed by atoms with van der Waals surface area (Å²) < 4.78 is 24.2. The third-order valence-electron chi connectivity index (χ3n) is 5.05. The van der Waals surface area contributed by atoms with E-state index in [1.54, 1.807) is 37.3 Å². The minimum absolute atomic E-state index is 0.0277. The average Bonchev–Trinajstić information content (AvgIpc) is 2.78. The number of carbonyl (C=O) groups is 2. The predicted octanol–water partition coefficient (Wildman–Crippen LogP) is 3.79. The number of nitriles is 1. The summed E-state index contributed by atoms with van der Waals surface area (Å²) in [4.78, 5) is 27.2. The number of benzene rings is 2. The molecule has 32 heavy (non-hydrogen) atoms. The number of methoxy groups -OCH3 is 2. The lowest BCUT2D eigenvalue weighted by atomic mass is 9.80. The van der Waals surface area contributed by atoms with Crippen LogP contribution in [0.4, 0.5) is 10.1 Å². The summed E-state index contributed by atoms with van der Waals surface area (Å²) >= 11 is 3.30. The van der Waals surface area contributed by atoms with Crippen molar-refractivity contribution >= 4 is 33.6 Å². The summed E-state index contributed by atoms with van der Waals surface area (Å²) in [7, 11) is 2.33. The standard InChI is InChI=1S/C23H19BrFN3O4/c1-12-9-14(25)10-16(24)19(12)28-20(23(30)32-3)18(22(29)31-2)17(15(11-26)21(28)27)13-7-5-4-6-8-13/h4-10,17H,27H2,1-3H3. The molecular weight excluding hydrogens is 481 g/mol. The van der Waals surface area contributed by atoms with Gasteiger partial charge in [-0.3, -0.25) is 4.90 Å². The van der Waals surface area contributed by atoms with Crippen LogP contribution in [0.5, 0.6) is 0 Å². The average molecular weight is 500 g/mol. The van der Waals surface area contributed by atoms with Crippen molar-refractivity contribution in [2.24, 2.45) is 5.73 Å². The molecule has 0 fully saturated rings. The van der Waals surface area contributed by atoms with Gasteiger partial charge in [0.05, 0.1) is 43.0 Å². The summed E-state index contributed by atoms with van der Waals surface area (Å²) in [6.45, 7) is 1.61. The van der Waals surface area contributed by atoms with Gasteiger partial charge in [-0.1, -0.05) is 30.3 Å². The Bertz CT molecular complexity index is 1180. The van der Waals surface area contributed by atoms with Crippen LogP contribution in [-0.4, -0.2) is 26.2 Å². The quantitative estimate of drug-likeness (QED) is 0.637. The van der Waals surface area contributed by atoms with Crippen molar-refractivity contribution in [1.82, 2.24) is 0 Å². The number of nitrogens with zero attached hydrogens (tertiary/aromatic N) is 2. The zero-order chi connectivity index (χ0) is 23.6. The minimum Gasteiger partial charge on any atom is -0.466 e. The molecule has 1 heterocycles. The lowest BCUT2D eigenvalue weighted by molar-refractivity contribution is -0.139. The van der Waals surface area contributed by atoms with Crippen molar-refractivity contribution in [3.63, 3.8) is 0 Å². The van der Waals surface area contributed by atoms with Crippen LogP contribution in [0.3, 0.4) is 0 Å². The van der Waals surface area contributed by atoms with E-state index >= 15 is 0 Å². The fraction of sp³-hybridized carbons (Fsp3) is 0.174. The van der Waals surface area contributed by atoms with Gasteiger partial charge >= 0.3 is 11.9 Å². The van der Waals surface area contributed by atoms with E-state index in [0.717, 1.165) is 7.11 Å². The van der Waals surface area contributed by atoms with Crippen LogP contribution in [0.1, 0.15) is 17.0 Å². The van der Waals surface area contributed by atoms with Crippen LogP contribution in [0.15, 0.2) is 69.6 Å². The molecule has 2 aromatic rings. The second kappa shape index (κ2) is 9.24. The van der Waals surface area contributed by atoms with Gasteiger partial charge in [-0.2, -0.15) is 5.26 Å². The van der Waals surface area contributed by atoms with Crippen molar-refractivity contribution in [1.29, 1.82) is 5.26 Å². The van der Waals surface area contributed by atoms with Crippen LogP contribution < -0.4 is 10.6 Å². The van der Waals surface area contributed by atoms with E-state index in [9.17, 15) is 19.2 Å². The second-order valence-electron chi connectivity index (χ2n) is 6.89. The Hall–Kier alpha value is -3.64. The minimum atomic E-state index is -0.974. The van der Waals surface area contributed by atoms with Gasteiger partial charge < -0.3 is 15.2 Å². The Balaban J connectivity index is 2.48. The van der Waals surface area contributed by atoms with Gasteiger partial charge in [-0.25, -0.2) is 14.0 Å². The second-order valence-corrected chi connectivity index (χ2v) is 7.74. The van der Waals surface area contributed by atoms with Crippen LogP contribution in [0, 0.1) is 24.1 Å². The molecule has 0 saturated heterocycles. The molecule has 2 aromatic carbocycles. The smallest absolute Gasteiger partial charge is 0.355 e. The molecule has 1 unspecified atom stereocenters. The number of hydrogen-bond acceptors (Lipinski definition) is 7. The number of halogens is 2. The number of anilines is 1. The number of rotatable bonds is 4. The number of carbonyl (C=O) groups excluding carboxylic acids is 2. The normalized spacial score (nSPS) is 16.0. The summed E-state index contributed by atoms with van der Waals surface area (Å²) in [5.74, 6) is -3.29.